The largest absolute Gasteiger partial charge is 0.492 e. The van der Waals surface area contributed by atoms with E-state index in [9.17, 15) is 4.79 Å². The van der Waals surface area contributed by atoms with Gasteiger partial charge in [-0.25, -0.2) is 0 Å². The SMILES string of the molecule is CCc1nc([C@H]2CCCN2C(=O)[C@@H]2COc3ccccc32)no1. The van der Waals surface area contributed by atoms with Crippen LogP contribution in [0.15, 0.2) is 28.8 Å². The van der Waals surface area contributed by atoms with Crippen LogP contribution in [0.3, 0.4) is 0 Å². The van der Waals surface area contributed by atoms with Crippen LogP contribution in [0.2, 0.25) is 0 Å². The Morgan fingerprint density at radius 2 is 2.26 bits per heavy atom. The molecule has 1 amide bonds. The number of nitrogens with zero attached hydrogens (tertiary/aromatic N) is 3. The lowest BCUT2D eigenvalue weighted by Crippen LogP contribution is -2.35. The number of rotatable bonds is 3. The van der Waals surface area contributed by atoms with E-state index in [1.165, 1.54) is 0 Å². The highest BCUT2D eigenvalue weighted by Crippen LogP contribution is 2.38. The number of amides is 1. The van der Waals surface area contributed by atoms with Gasteiger partial charge in [0.05, 0.1) is 6.04 Å². The van der Waals surface area contributed by atoms with E-state index in [2.05, 4.69) is 10.1 Å². The Labute approximate surface area is 134 Å². The number of fused-ring (bicyclic) bond motifs is 1. The van der Waals surface area contributed by atoms with E-state index >= 15 is 0 Å². The molecule has 0 spiro atoms. The molecule has 1 aromatic heterocycles. The number of likely N-dealkylation sites (tertiary alicyclic amines) is 1. The number of hydrogen-bond acceptors (Lipinski definition) is 5. The predicted octanol–water partition coefficient (Wildman–Crippen LogP) is 2.47. The second-order valence-electron chi connectivity index (χ2n) is 5.99. The minimum Gasteiger partial charge on any atom is -0.492 e. The third-order valence-electron chi connectivity index (χ3n) is 4.62. The number of para-hydroxylation sites is 1. The Bertz CT molecular complexity index is 727. The standard InChI is InChI=1S/C17H19N3O3/c1-2-15-18-16(19-23-15)13-7-5-9-20(13)17(21)12-10-22-14-8-4-3-6-11(12)14/h3-4,6,8,12-13H,2,5,7,9-10H2,1H3/t12-,13-/m1/s1. The molecule has 0 unspecified atom stereocenters. The number of carbonyl (C=O) groups excluding carboxylic acids is 1. The molecule has 0 aliphatic carbocycles. The predicted molar refractivity (Wildman–Crippen MR) is 82.0 cm³/mol. The van der Waals surface area contributed by atoms with Crippen molar-refractivity contribution < 1.29 is 14.1 Å². The molecule has 2 aliphatic heterocycles. The fraction of sp³-hybridized carbons (Fsp3) is 0.471. The van der Waals surface area contributed by atoms with Gasteiger partial charge >= 0.3 is 0 Å². The van der Waals surface area contributed by atoms with Gasteiger partial charge in [-0.2, -0.15) is 4.98 Å². The summed E-state index contributed by atoms with van der Waals surface area (Å²) in [5.74, 6) is 1.92. The molecule has 0 N–H and O–H groups in total. The molecule has 2 aromatic rings. The quantitative estimate of drug-likeness (QED) is 0.870. The van der Waals surface area contributed by atoms with Gasteiger partial charge < -0.3 is 14.2 Å². The first-order valence-corrected chi connectivity index (χ1v) is 8.12. The molecule has 3 heterocycles. The van der Waals surface area contributed by atoms with E-state index in [1.54, 1.807) is 0 Å². The van der Waals surface area contributed by atoms with E-state index in [1.807, 2.05) is 36.1 Å². The van der Waals surface area contributed by atoms with Crippen molar-refractivity contribution in [3.05, 3.63) is 41.5 Å². The summed E-state index contributed by atoms with van der Waals surface area (Å²) in [5.41, 5.74) is 0.977. The van der Waals surface area contributed by atoms with E-state index in [4.69, 9.17) is 9.26 Å². The number of ether oxygens (including phenoxy) is 1. The van der Waals surface area contributed by atoms with Crippen molar-refractivity contribution in [2.75, 3.05) is 13.2 Å². The average Bonchev–Trinajstić information content (AvgIpc) is 3.31. The highest BCUT2D eigenvalue weighted by atomic mass is 16.5. The molecular weight excluding hydrogens is 294 g/mol. The van der Waals surface area contributed by atoms with Crippen molar-refractivity contribution in [1.29, 1.82) is 0 Å². The molecule has 6 heteroatoms. The van der Waals surface area contributed by atoms with E-state index in [0.717, 1.165) is 30.7 Å². The Kier molecular flexibility index (Phi) is 3.52. The molecule has 1 aromatic carbocycles. The summed E-state index contributed by atoms with van der Waals surface area (Å²) in [6.45, 7) is 3.12. The van der Waals surface area contributed by atoms with Crippen LogP contribution in [-0.2, 0) is 11.2 Å². The Balaban J connectivity index is 1.58. The lowest BCUT2D eigenvalue weighted by Gasteiger charge is -2.25. The van der Waals surface area contributed by atoms with Gasteiger partial charge in [-0.3, -0.25) is 4.79 Å². The lowest BCUT2D eigenvalue weighted by molar-refractivity contribution is -0.134. The molecule has 23 heavy (non-hydrogen) atoms. The molecule has 6 nitrogen and oxygen atoms in total. The van der Waals surface area contributed by atoms with Crippen LogP contribution in [-0.4, -0.2) is 34.1 Å². The second kappa shape index (κ2) is 5.68. The van der Waals surface area contributed by atoms with Gasteiger partial charge in [-0.05, 0) is 18.9 Å². The number of benzene rings is 1. The third-order valence-corrected chi connectivity index (χ3v) is 4.62. The molecular formula is C17H19N3O3. The van der Waals surface area contributed by atoms with Crippen LogP contribution >= 0.6 is 0 Å². The van der Waals surface area contributed by atoms with Crippen LogP contribution in [0.4, 0.5) is 0 Å². The summed E-state index contributed by atoms with van der Waals surface area (Å²) in [4.78, 5) is 19.3. The molecule has 0 radical (unpaired) electrons. The Hall–Kier alpha value is -2.37. The van der Waals surface area contributed by atoms with E-state index < -0.39 is 0 Å². The zero-order valence-corrected chi connectivity index (χ0v) is 13.1. The topological polar surface area (TPSA) is 68.5 Å². The Morgan fingerprint density at radius 1 is 1.39 bits per heavy atom. The maximum absolute atomic E-state index is 13.0. The van der Waals surface area contributed by atoms with Gasteiger partial charge in [0.1, 0.15) is 18.3 Å². The smallest absolute Gasteiger partial charge is 0.234 e. The van der Waals surface area contributed by atoms with E-state index in [0.29, 0.717) is 24.7 Å². The summed E-state index contributed by atoms with van der Waals surface area (Å²) in [7, 11) is 0. The monoisotopic (exact) mass is 313 g/mol. The fourth-order valence-corrected chi connectivity index (χ4v) is 3.41. The van der Waals surface area contributed by atoms with Crippen molar-refractivity contribution in [2.24, 2.45) is 0 Å². The van der Waals surface area contributed by atoms with Gasteiger partial charge in [0.15, 0.2) is 5.82 Å². The van der Waals surface area contributed by atoms with Crippen LogP contribution < -0.4 is 4.74 Å². The maximum Gasteiger partial charge on any atom is 0.234 e. The van der Waals surface area contributed by atoms with Crippen molar-refractivity contribution in [3.63, 3.8) is 0 Å². The first-order chi connectivity index (χ1) is 11.3. The number of hydrogen-bond donors (Lipinski definition) is 0. The van der Waals surface area contributed by atoms with Crippen LogP contribution in [0.1, 0.15) is 49.0 Å². The minimum absolute atomic E-state index is 0.0840. The van der Waals surface area contributed by atoms with Gasteiger partial charge in [0, 0.05) is 18.5 Å². The van der Waals surface area contributed by atoms with Crippen molar-refractivity contribution in [1.82, 2.24) is 15.0 Å². The van der Waals surface area contributed by atoms with Crippen molar-refractivity contribution >= 4 is 5.91 Å². The molecule has 2 aliphatic rings. The second-order valence-corrected chi connectivity index (χ2v) is 5.99. The minimum atomic E-state index is -0.232. The van der Waals surface area contributed by atoms with Crippen LogP contribution in [0.25, 0.3) is 0 Å². The van der Waals surface area contributed by atoms with Crippen LogP contribution in [0, 0.1) is 0 Å². The summed E-state index contributed by atoms with van der Waals surface area (Å²) >= 11 is 0. The zero-order chi connectivity index (χ0) is 15.8. The van der Waals surface area contributed by atoms with Gasteiger partial charge in [0.2, 0.25) is 11.8 Å². The first kappa shape index (κ1) is 14.2. The molecule has 120 valence electrons. The number of aryl methyl sites for hydroxylation is 1. The highest BCUT2D eigenvalue weighted by molar-refractivity contribution is 5.86. The fourth-order valence-electron chi connectivity index (χ4n) is 3.41. The highest BCUT2D eigenvalue weighted by Gasteiger charge is 2.39. The number of carbonyl (C=O) groups is 1. The maximum atomic E-state index is 13.0. The molecule has 0 bridgehead atoms. The van der Waals surface area contributed by atoms with Crippen molar-refractivity contribution in [3.8, 4) is 5.75 Å². The molecule has 0 saturated carbocycles. The molecule has 1 saturated heterocycles. The first-order valence-electron chi connectivity index (χ1n) is 8.12. The summed E-state index contributed by atoms with van der Waals surface area (Å²) in [6, 6.07) is 7.67. The molecule has 2 atom stereocenters. The lowest BCUT2D eigenvalue weighted by atomic mass is 9.99. The average molecular weight is 313 g/mol. The third kappa shape index (κ3) is 2.38. The molecule has 1 fully saturated rings. The number of aromatic nitrogens is 2. The Morgan fingerprint density at radius 3 is 3.09 bits per heavy atom. The summed E-state index contributed by atoms with van der Waals surface area (Å²) in [6.07, 6.45) is 2.54. The van der Waals surface area contributed by atoms with E-state index in [-0.39, 0.29) is 17.9 Å². The van der Waals surface area contributed by atoms with Crippen LogP contribution in [0.5, 0.6) is 5.75 Å². The normalized spacial score (nSPS) is 22.9. The summed E-state index contributed by atoms with van der Waals surface area (Å²) in [5, 5.41) is 4.06. The van der Waals surface area contributed by atoms with Crippen molar-refractivity contribution in [2.45, 2.75) is 38.1 Å². The van der Waals surface area contributed by atoms with Gasteiger partial charge in [0.25, 0.3) is 0 Å². The van der Waals surface area contributed by atoms with Gasteiger partial charge in [-0.1, -0.05) is 30.3 Å². The zero-order valence-electron chi connectivity index (χ0n) is 13.1. The molecule has 4 rings (SSSR count). The van der Waals surface area contributed by atoms with Gasteiger partial charge in [-0.15, -0.1) is 0 Å². The summed E-state index contributed by atoms with van der Waals surface area (Å²) < 4.78 is 10.9.